The lowest BCUT2D eigenvalue weighted by molar-refractivity contribution is -0.119. The molecule has 1 aliphatic heterocycles. The summed E-state index contributed by atoms with van der Waals surface area (Å²) in [6.07, 6.45) is 1.59. The Morgan fingerprint density at radius 2 is 2.00 bits per heavy atom. The van der Waals surface area contributed by atoms with E-state index in [-0.39, 0.29) is 18.2 Å². The number of benzene rings is 2. The molecule has 0 saturated carbocycles. The van der Waals surface area contributed by atoms with Gasteiger partial charge in [0, 0.05) is 28.0 Å². The fourth-order valence-corrected chi connectivity index (χ4v) is 3.78. The molecule has 1 fully saturated rings. The predicted molar refractivity (Wildman–Crippen MR) is 125 cm³/mol. The third-order valence-corrected chi connectivity index (χ3v) is 5.49. The van der Waals surface area contributed by atoms with Gasteiger partial charge in [0.25, 0.3) is 0 Å². The Hall–Kier alpha value is -3.45. The van der Waals surface area contributed by atoms with Crippen LogP contribution in [-0.4, -0.2) is 25.7 Å². The lowest BCUT2D eigenvalue weighted by Crippen LogP contribution is -2.52. The van der Waals surface area contributed by atoms with Crippen molar-refractivity contribution in [1.29, 1.82) is 0 Å². The Kier molecular flexibility index (Phi) is 7.10. The summed E-state index contributed by atoms with van der Waals surface area (Å²) >= 11 is 6.31. The zero-order chi connectivity index (χ0) is 23.4. The van der Waals surface area contributed by atoms with Crippen LogP contribution in [0.4, 0.5) is 10.5 Å². The number of methoxy groups -OCH3 is 1. The molecular weight excluding hydrogens is 430 g/mol. The second-order valence-electron chi connectivity index (χ2n) is 7.49. The SMILES string of the molecule is C=CCOc1c(OC)cc(Cl)cc1[C@@H]1NC(=O)NC(=C)[C@H]1C(=O)Nc1ccc(C)c(C)c1. The number of nitrogens with one attached hydrogen (secondary N) is 3. The number of halogens is 1. The summed E-state index contributed by atoms with van der Waals surface area (Å²) in [4.78, 5) is 25.6. The molecule has 7 nitrogen and oxygen atoms in total. The van der Waals surface area contributed by atoms with Crippen LogP contribution in [0.1, 0.15) is 22.7 Å². The molecule has 3 N–H and O–H groups in total. The van der Waals surface area contributed by atoms with Gasteiger partial charge in [0.2, 0.25) is 5.91 Å². The summed E-state index contributed by atoms with van der Waals surface area (Å²) in [5.41, 5.74) is 3.56. The first-order valence-corrected chi connectivity index (χ1v) is 10.4. The standard InChI is InChI=1S/C24H26ClN3O4/c1-6-9-32-22-18(11-16(25)12-19(22)31-5)21-20(15(4)26-24(30)28-21)23(29)27-17-8-7-13(2)14(3)10-17/h6-8,10-12,20-21H,1,4,9H2,2-3,5H3,(H,27,29)(H2,26,28,30)/t20-,21+/m1/s1. The summed E-state index contributed by atoms with van der Waals surface area (Å²) in [6.45, 7) is 11.8. The molecule has 0 unspecified atom stereocenters. The second kappa shape index (κ2) is 9.78. The van der Waals surface area contributed by atoms with Gasteiger partial charge in [-0.15, -0.1) is 0 Å². The summed E-state index contributed by atoms with van der Waals surface area (Å²) in [7, 11) is 1.49. The van der Waals surface area contributed by atoms with Gasteiger partial charge < -0.3 is 25.4 Å². The van der Waals surface area contributed by atoms with E-state index in [9.17, 15) is 9.59 Å². The van der Waals surface area contributed by atoms with Crippen LogP contribution in [0.3, 0.4) is 0 Å². The van der Waals surface area contributed by atoms with Crippen molar-refractivity contribution in [3.05, 3.63) is 77.0 Å². The fraction of sp³-hybridized carbons (Fsp3) is 0.250. The van der Waals surface area contributed by atoms with Gasteiger partial charge in [-0.1, -0.05) is 36.9 Å². The van der Waals surface area contributed by atoms with E-state index in [2.05, 4.69) is 29.1 Å². The van der Waals surface area contributed by atoms with Crippen molar-refractivity contribution in [2.75, 3.05) is 19.0 Å². The average Bonchev–Trinajstić information content (AvgIpc) is 2.74. The number of ether oxygens (including phenoxy) is 2. The van der Waals surface area contributed by atoms with Crippen molar-refractivity contribution in [3.63, 3.8) is 0 Å². The van der Waals surface area contributed by atoms with Crippen LogP contribution >= 0.6 is 11.6 Å². The summed E-state index contributed by atoms with van der Waals surface area (Å²) < 4.78 is 11.3. The number of urea groups is 1. The molecule has 2 atom stereocenters. The maximum Gasteiger partial charge on any atom is 0.319 e. The van der Waals surface area contributed by atoms with E-state index in [0.717, 1.165) is 11.1 Å². The Balaban J connectivity index is 2.04. The van der Waals surface area contributed by atoms with Gasteiger partial charge in [0.1, 0.15) is 12.5 Å². The minimum Gasteiger partial charge on any atom is -0.493 e. The highest BCUT2D eigenvalue weighted by Gasteiger charge is 2.40. The number of anilines is 1. The van der Waals surface area contributed by atoms with E-state index in [1.165, 1.54) is 7.11 Å². The molecule has 32 heavy (non-hydrogen) atoms. The van der Waals surface area contributed by atoms with Crippen molar-refractivity contribution >= 4 is 29.2 Å². The molecule has 168 valence electrons. The van der Waals surface area contributed by atoms with Gasteiger partial charge in [0.15, 0.2) is 11.5 Å². The summed E-state index contributed by atoms with van der Waals surface area (Å²) in [5, 5.41) is 8.69. The molecule has 1 heterocycles. The van der Waals surface area contributed by atoms with Crippen LogP contribution < -0.4 is 25.4 Å². The van der Waals surface area contributed by atoms with Gasteiger partial charge in [-0.3, -0.25) is 4.79 Å². The van der Waals surface area contributed by atoms with Crippen LogP contribution in [0.5, 0.6) is 11.5 Å². The summed E-state index contributed by atoms with van der Waals surface area (Å²) in [6, 6.07) is 7.61. The molecule has 0 spiro atoms. The van der Waals surface area contributed by atoms with Crippen LogP contribution in [0.2, 0.25) is 5.02 Å². The van der Waals surface area contributed by atoms with Crippen LogP contribution in [-0.2, 0) is 4.79 Å². The molecule has 1 aliphatic rings. The van der Waals surface area contributed by atoms with Crippen molar-refractivity contribution < 1.29 is 19.1 Å². The van der Waals surface area contributed by atoms with E-state index in [1.54, 1.807) is 18.2 Å². The van der Waals surface area contributed by atoms with E-state index in [0.29, 0.717) is 27.8 Å². The number of amides is 3. The molecule has 0 radical (unpaired) electrons. The topological polar surface area (TPSA) is 88.7 Å². The smallest absolute Gasteiger partial charge is 0.319 e. The van der Waals surface area contributed by atoms with Crippen molar-refractivity contribution in [1.82, 2.24) is 10.6 Å². The largest absolute Gasteiger partial charge is 0.493 e. The zero-order valence-electron chi connectivity index (χ0n) is 18.3. The minimum absolute atomic E-state index is 0.199. The molecular formula is C24H26ClN3O4. The Morgan fingerprint density at radius 1 is 1.25 bits per heavy atom. The normalized spacial score (nSPS) is 17.8. The Bertz CT molecular complexity index is 1080. The van der Waals surface area contributed by atoms with Crippen molar-refractivity contribution in [2.45, 2.75) is 19.9 Å². The Labute approximate surface area is 192 Å². The van der Waals surface area contributed by atoms with E-state index < -0.39 is 18.0 Å². The molecule has 2 aromatic rings. The first-order valence-electron chi connectivity index (χ1n) is 10.0. The van der Waals surface area contributed by atoms with Gasteiger partial charge in [-0.25, -0.2) is 4.79 Å². The highest BCUT2D eigenvalue weighted by atomic mass is 35.5. The lowest BCUT2D eigenvalue weighted by Gasteiger charge is -2.35. The molecule has 0 bridgehead atoms. The maximum absolute atomic E-state index is 13.3. The number of carbonyl (C=O) groups excluding carboxylic acids is 2. The molecule has 0 aromatic heterocycles. The van der Waals surface area contributed by atoms with E-state index >= 15 is 0 Å². The van der Waals surface area contributed by atoms with Crippen molar-refractivity contribution in [2.24, 2.45) is 5.92 Å². The predicted octanol–water partition coefficient (Wildman–Crippen LogP) is 4.65. The molecule has 2 aromatic carbocycles. The van der Waals surface area contributed by atoms with Crippen LogP contribution in [0.15, 0.2) is 55.3 Å². The van der Waals surface area contributed by atoms with Gasteiger partial charge in [-0.2, -0.15) is 0 Å². The molecule has 3 rings (SSSR count). The third-order valence-electron chi connectivity index (χ3n) is 5.28. The highest BCUT2D eigenvalue weighted by molar-refractivity contribution is 6.30. The highest BCUT2D eigenvalue weighted by Crippen LogP contribution is 2.42. The summed E-state index contributed by atoms with van der Waals surface area (Å²) in [5.74, 6) is -0.449. The molecule has 8 heteroatoms. The first-order chi connectivity index (χ1) is 15.2. The average molecular weight is 456 g/mol. The van der Waals surface area contributed by atoms with Crippen molar-refractivity contribution in [3.8, 4) is 11.5 Å². The zero-order valence-corrected chi connectivity index (χ0v) is 19.0. The van der Waals surface area contributed by atoms with Crippen LogP contribution in [0.25, 0.3) is 0 Å². The van der Waals surface area contributed by atoms with Crippen LogP contribution in [0, 0.1) is 19.8 Å². The molecule has 3 amide bonds. The molecule has 1 saturated heterocycles. The quantitative estimate of drug-likeness (QED) is 0.530. The first kappa shape index (κ1) is 23.2. The number of rotatable bonds is 7. The number of aryl methyl sites for hydroxylation is 2. The lowest BCUT2D eigenvalue weighted by atomic mass is 9.87. The van der Waals surface area contributed by atoms with E-state index in [1.807, 2.05) is 32.0 Å². The number of hydrogen-bond donors (Lipinski definition) is 3. The monoisotopic (exact) mass is 455 g/mol. The number of hydrogen-bond acceptors (Lipinski definition) is 4. The third kappa shape index (κ3) is 4.89. The second-order valence-corrected chi connectivity index (χ2v) is 7.93. The maximum atomic E-state index is 13.3. The van der Waals surface area contributed by atoms with Gasteiger partial charge in [-0.05, 0) is 43.2 Å². The molecule has 0 aliphatic carbocycles. The Morgan fingerprint density at radius 3 is 2.66 bits per heavy atom. The van der Waals surface area contributed by atoms with Gasteiger partial charge in [0.05, 0.1) is 13.2 Å². The van der Waals surface area contributed by atoms with Gasteiger partial charge >= 0.3 is 6.03 Å². The van der Waals surface area contributed by atoms with E-state index in [4.69, 9.17) is 21.1 Å². The fourth-order valence-electron chi connectivity index (χ4n) is 3.56. The minimum atomic E-state index is -0.844. The number of carbonyl (C=O) groups is 2.